The molecule has 4 nitrogen and oxygen atoms in total. The minimum atomic E-state index is 0.0458. The molecule has 1 amide bonds. The van der Waals surface area contributed by atoms with Crippen LogP contribution >= 0.6 is 11.3 Å². The van der Waals surface area contributed by atoms with Gasteiger partial charge in [0.1, 0.15) is 0 Å². The fraction of sp³-hybridized carbons (Fsp3) is 0.300. The quantitative estimate of drug-likeness (QED) is 0.785. The predicted molar refractivity (Wildman–Crippen MR) is 102 cm³/mol. The van der Waals surface area contributed by atoms with Crippen molar-refractivity contribution < 1.29 is 4.79 Å². The van der Waals surface area contributed by atoms with Crippen LogP contribution in [0, 0.1) is 0 Å². The second kappa shape index (κ2) is 6.94. The van der Waals surface area contributed by atoms with Gasteiger partial charge in [-0.15, -0.1) is 11.3 Å². The Balaban J connectivity index is 1.37. The molecule has 1 aromatic carbocycles. The molecule has 4 rings (SSSR count). The standard InChI is InChI=1S/C20H21N3OS/c1-23-10-7-16-12-18(25-19(16)13-23)20(24)22-9-6-14-4-5-17-15(11-14)3-2-8-21-17/h2-5,8,11-12H,6-7,9-10,13H2,1H3,(H,22,24). The van der Waals surface area contributed by atoms with Crippen LogP contribution < -0.4 is 5.32 Å². The van der Waals surface area contributed by atoms with Crippen molar-refractivity contribution in [3.63, 3.8) is 0 Å². The lowest BCUT2D eigenvalue weighted by Gasteiger charge is -2.21. The van der Waals surface area contributed by atoms with E-state index in [9.17, 15) is 4.79 Å². The number of amides is 1. The van der Waals surface area contributed by atoms with Crippen LogP contribution in [0.5, 0.6) is 0 Å². The molecule has 1 N–H and O–H groups in total. The number of nitrogens with one attached hydrogen (secondary N) is 1. The molecule has 0 atom stereocenters. The van der Waals surface area contributed by atoms with Crippen molar-refractivity contribution in [1.82, 2.24) is 15.2 Å². The van der Waals surface area contributed by atoms with E-state index in [1.807, 2.05) is 12.1 Å². The van der Waals surface area contributed by atoms with Gasteiger partial charge in [-0.25, -0.2) is 0 Å². The SMILES string of the molecule is CN1CCc2cc(C(=O)NCCc3ccc4ncccc4c3)sc2C1. The van der Waals surface area contributed by atoms with Crippen LogP contribution in [0.3, 0.4) is 0 Å². The number of pyridine rings is 1. The van der Waals surface area contributed by atoms with Gasteiger partial charge < -0.3 is 10.2 Å². The van der Waals surface area contributed by atoms with Gasteiger partial charge in [0.2, 0.25) is 0 Å². The topological polar surface area (TPSA) is 45.2 Å². The fourth-order valence-electron chi connectivity index (χ4n) is 3.25. The summed E-state index contributed by atoms with van der Waals surface area (Å²) in [6.45, 7) is 2.67. The van der Waals surface area contributed by atoms with Gasteiger partial charge in [-0.1, -0.05) is 12.1 Å². The number of aromatic nitrogens is 1. The molecule has 3 heterocycles. The second-order valence-corrected chi connectivity index (χ2v) is 7.72. The van der Waals surface area contributed by atoms with Gasteiger partial charge >= 0.3 is 0 Å². The van der Waals surface area contributed by atoms with Crippen molar-refractivity contribution in [1.29, 1.82) is 0 Å². The summed E-state index contributed by atoms with van der Waals surface area (Å²) in [6, 6.07) is 12.4. The molecule has 3 aromatic rings. The van der Waals surface area contributed by atoms with Crippen LogP contribution in [0.4, 0.5) is 0 Å². The Morgan fingerprint density at radius 2 is 2.24 bits per heavy atom. The average Bonchev–Trinajstić information content (AvgIpc) is 3.05. The van der Waals surface area contributed by atoms with Gasteiger partial charge in [0.15, 0.2) is 0 Å². The zero-order chi connectivity index (χ0) is 17.2. The van der Waals surface area contributed by atoms with E-state index in [0.717, 1.165) is 41.7 Å². The number of rotatable bonds is 4. The Kier molecular flexibility index (Phi) is 4.51. The molecule has 0 fully saturated rings. The van der Waals surface area contributed by atoms with Crippen molar-refractivity contribution >= 4 is 28.1 Å². The highest BCUT2D eigenvalue weighted by Crippen LogP contribution is 2.27. The Morgan fingerprint density at radius 1 is 1.32 bits per heavy atom. The van der Waals surface area contributed by atoms with Crippen molar-refractivity contribution in [2.75, 3.05) is 20.1 Å². The molecular weight excluding hydrogens is 330 g/mol. The first-order chi connectivity index (χ1) is 12.2. The first kappa shape index (κ1) is 16.2. The average molecular weight is 351 g/mol. The zero-order valence-corrected chi connectivity index (χ0v) is 15.1. The van der Waals surface area contributed by atoms with Crippen LogP contribution in [-0.4, -0.2) is 35.9 Å². The van der Waals surface area contributed by atoms with Gasteiger partial charge in [0.25, 0.3) is 5.91 Å². The van der Waals surface area contributed by atoms with Gasteiger partial charge in [0, 0.05) is 36.1 Å². The first-order valence-corrected chi connectivity index (χ1v) is 9.43. The lowest BCUT2D eigenvalue weighted by atomic mass is 10.1. The van der Waals surface area contributed by atoms with Crippen LogP contribution in [0.25, 0.3) is 10.9 Å². The smallest absolute Gasteiger partial charge is 0.261 e. The molecule has 0 saturated carbocycles. The summed E-state index contributed by atoms with van der Waals surface area (Å²) in [5.41, 5.74) is 3.56. The normalized spacial score (nSPS) is 14.4. The Hall–Kier alpha value is -2.24. The number of nitrogens with zero attached hydrogens (tertiary/aromatic N) is 2. The van der Waals surface area contributed by atoms with Gasteiger partial charge in [0.05, 0.1) is 10.4 Å². The fourth-order valence-corrected chi connectivity index (χ4v) is 4.46. The van der Waals surface area contributed by atoms with E-state index in [0.29, 0.717) is 6.54 Å². The molecule has 0 radical (unpaired) electrons. The summed E-state index contributed by atoms with van der Waals surface area (Å²) in [7, 11) is 2.13. The molecule has 1 aliphatic rings. The molecule has 0 saturated heterocycles. The van der Waals surface area contributed by atoms with Crippen LogP contribution in [0.1, 0.15) is 25.7 Å². The third-order valence-corrected chi connectivity index (χ3v) is 5.82. The maximum absolute atomic E-state index is 12.4. The number of carbonyl (C=O) groups is 1. The molecule has 128 valence electrons. The van der Waals surface area contributed by atoms with Gasteiger partial charge in [-0.2, -0.15) is 0 Å². The van der Waals surface area contributed by atoms with E-state index < -0.39 is 0 Å². The minimum absolute atomic E-state index is 0.0458. The van der Waals surface area contributed by atoms with Crippen molar-refractivity contribution in [3.8, 4) is 0 Å². The molecule has 2 aromatic heterocycles. The van der Waals surface area contributed by atoms with Crippen molar-refractivity contribution in [2.45, 2.75) is 19.4 Å². The molecule has 1 aliphatic heterocycles. The summed E-state index contributed by atoms with van der Waals surface area (Å²) < 4.78 is 0. The predicted octanol–water partition coefficient (Wildman–Crippen LogP) is 3.26. The number of likely N-dealkylation sites (N-methyl/N-ethyl adjacent to an activating group) is 1. The minimum Gasteiger partial charge on any atom is -0.351 e. The molecule has 0 spiro atoms. The van der Waals surface area contributed by atoms with E-state index in [1.54, 1.807) is 17.5 Å². The zero-order valence-electron chi connectivity index (χ0n) is 14.3. The van der Waals surface area contributed by atoms with E-state index in [2.05, 4.69) is 46.5 Å². The highest BCUT2D eigenvalue weighted by molar-refractivity contribution is 7.14. The largest absolute Gasteiger partial charge is 0.351 e. The maximum Gasteiger partial charge on any atom is 0.261 e. The maximum atomic E-state index is 12.4. The third-order valence-electron chi connectivity index (χ3n) is 4.66. The van der Waals surface area contributed by atoms with Crippen LogP contribution in [0.2, 0.25) is 0 Å². The summed E-state index contributed by atoms with van der Waals surface area (Å²) in [5, 5.41) is 4.20. The monoisotopic (exact) mass is 351 g/mol. The van der Waals surface area contributed by atoms with E-state index in [-0.39, 0.29) is 5.91 Å². The lowest BCUT2D eigenvalue weighted by Crippen LogP contribution is -2.25. The lowest BCUT2D eigenvalue weighted by molar-refractivity contribution is 0.0958. The van der Waals surface area contributed by atoms with Crippen molar-refractivity contribution in [3.05, 3.63) is 63.5 Å². The number of benzene rings is 1. The molecule has 0 unspecified atom stereocenters. The van der Waals surface area contributed by atoms with Gasteiger partial charge in [-0.3, -0.25) is 9.78 Å². The number of thiophene rings is 1. The van der Waals surface area contributed by atoms with E-state index in [1.165, 1.54) is 16.0 Å². The Morgan fingerprint density at radius 3 is 3.16 bits per heavy atom. The molecule has 0 bridgehead atoms. The van der Waals surface area contributed by atoms with Crippen LogP contribution in [-0.2, 0) is 19.4 Å². The van der Waals surface area contributed by atoms with Crippen molar-refractivity contribution in [2.24, 2.45) is 0 Å². The van der Waals surface area contributed by atoms with E-state index >= 15 is 0 Å². The highest BCUT2D eigenvalue weighted by atomic mass is 32.1. The number of hydrogen-bond donors (Lipinski definition) is 1. The highest BCUT2D eigenvalue weighted by Gasteiger charge is 2.19. The van der Waals surface area contributed by atoms with E-state index in [4.69, 9.17) is 0 Å². The summed E-state index contributed by atoms with van der Waals surface area (Å²) >= 11 is 1.63. The summed E-state index contributed by atoms with van der Waals surface area (Å²) in [4.78, 5) is 21.2. The molecular formula is C20H21N3OS. The molecule has 25 heavy (non-hydrogen) atoms. The van der Waals surface area contributed by atoms with Gasteiger partial charge in [-0.05, 0) is 55.3 Å². The second-order valence-electron chi connectivity index (χ2n) is 6.58. The molecule has 5 heteroatoms. The number of hydrogen-bond acceptors (Lipinski definition) is 4. The molecule has 0 aliphatic carbocycles. The first-order valence-electron chi connectivity index (χ1n) is 8.61. The number of carbonyl (C=O) groups excluding carboxylic acids is 1. The van der Waals surface area contributed by atoms with Crippen LogP contribution in [0.15, 0.2) is 42.6 Å². The Bertz CT molecular complexity index is 918. The number of fused-ring (bicyclic) bond motifs is 2. The Labute approximate surface area is 151 Å². The third kappa shape index (κ3) is 3.57. The summed E-state index contributed by atoms with van der Waals surface area (Å²) in [6.07, 6.45) is 3.67. The summed E-state index contributed by atoms with van der Waals surface area (Å²) in [5.74, 6) is 0.0458.